The van der Waals surface area contributed by atoms with Gasteiger partial charge in [-0.15, -0.1) is 0 Å². The molecule has 1 aliphatic rings. The summed E-state index contributed by atoms with van der Waals surface area (Å²) in [5, 5.41) is 3.38. The van der Waals surface area contributed by atoms with Crippen LogP contribution in [0.25, 0.3) is 0 Å². The first kappa shape index (κ1) is 13.0. The Morgan fingerprint density at radius 2 is 2.06 bits per heavy atom. The Kier molecular flexibility index (Phi) is 4.98. The van der Waals surface area contributed by atoms with Gasteiger partial charge in [0.2, 0.25) is 0 Å². The largest absolute Gasteiger partial charge is 0.380 e. The molecule has 0 aliphatic carbocycles. The van der Waals surface area contributed by atoms with E-state index in [1.54, 1.807) is 7.11 Å². The molecule has 0 radical (unpaired) electrons. The maximum Gasteiger partial charge on any atom is 0.0716 e. The maximum atomic E-state index is 5.26. The Bertz CT molecular complexity index is 364. The minimum absolute atomic E-state index is 0.681. The molecule has 0 bridgehead atoms. The van der Waals surface area contributed by atoms with Gasteiger partial charge in [-0.2, -0.15) is 0 Å². The van der Waals surface area contributed by atoms with E-state index in [1.165, 1.54) is 11.1 Å². The molecule has 0 spiro atoms. The van der Waals surface area contributed by atoms with E-state index >= 15 is 0 Å². The van der Waals surface area contributed by atoms with Crippen molar-refractivity contribution in [3.05, 3.63) is 33.8 Å². The van der Waals surface area contributed by atoms with Gasteiger partial charge in [-0.25, -0.2) is 0 Å². The predicted molar refractivity (Wildman–Crippen MR) is 73.0 cm³/mol. The van der Waals surface area contributed by atoms with E-state index < -0.39 is 0 Å². The van der Waals surface area contributed by atoms with E-state index in [9.17, 15) is 0 Å². The molecule has 1 fully saturated rings. The third-order valence-electron chi connectivity index (χ3n) is 3.07. The second-order valence-corrected chi connectivity index (χ2v) is 5.29. The van der Waals surface area contributed by atoms with Crippen LogP contribution in [0.2, 0.25) is 0 Å². The van der Waals surface area contributed by atoms with Crippen LogP contribution in [0.4, 0.5) is 0 Å². The molecule has 17 heavy (non-hydrogen) atoms. The minimum atomic E-state index is 0.681. The van der Waals surface area contributed by atoms with Crippen molar-refractivity contribution in [2.24, 2.45) is 0 Å². The van der Waals surface area contributed by atoms with E-state index in [-0.39, 0.29) is 0 Å². The Labute approximate surface area is 111 Å². The van der Waals surface area contributed by atoms with Gasteiger partial charge in [0, 0.05) is 44.3 Å². The second-order valence-electron chi connectivity index (χ2n) is 4.37. The molecule has 0 amide bonds. The highest BCUT2D eigenvalue weighted by atomic mass is 79.9. The number of nitrogens with one attached hydrogen (secondary N) is 1. The third-order valence-corrected chi connectivity index (χ3v) is 3.56. The first-order valence-electron chi connectivity index (χ1n) is 5.99. The summed E-state index contributed by atoms with van der Waals surface area (Å²) in [4.78, 5) is 2.49. The molecule has 4 heteroatoms. The molecular formula is C13H19BrN2O. The molecule has 2 rings (SSSR count). The summed E-state index contributed by atoms with van der Waals surface area (Å²) in [7, 11) is 1.75. The van der Waals surface area contributed by atoms with Crippen molar-refractivity contribution >= 4 is 15.9 Å². The molecule has 1 aromatic carbocycles. The molecule has 1 aromatic rings. The predicted octanol–water partition coefficient (Wildman–Crippen LogP) is 2.00. The zero-order valence-electron chi connectivity index (χ0n) is 10.2. The van der Waals surface area contributed by atoms with Crippen molar-refractivity contribution < 1.29 is 4.74 Å². The van der Waals surface area contributed by atoms with Gasteiger partial charge in [-0.3, -0.25) is 4.90 Å². The summed E-state index contributed by atoms with van der Waals surface area (Å²) in [6.07, 6.45) is 0. The van der Waals surface area contributed by atoms with E-state index in [0.717, 1.165) is 37.2 Å². The van der Waals surface area contributed by atoms with Crippen LogP contribution in [0.15, 0.2) is 22.7 Å². The van der Waals surface area contributed by atoms with Crippen LogP contribution in [0.5, 0.6) is 0 Å². The Morgan fingerprint density at radius 1 is 1.29 bits per heavy atom. The van der Waals surface area contributed by atoms with Gasteiger partial charge in [0.1, 0.15) is 0 Å². The highest BCUT2D eigenvalue weighted by molar-refractivity contribution is 9.10. The van der Waals surface area contributed by atoms with Crippen LogP contribution < -0.4 is 5.32 Å². The summed E-state index contributed by atoms with van der Waals surface area (Å²) in [5.41, 5.74) is 2.65. The SMILES string of the molecule is COCc1cc(Br)ccc1CN1CCNCC1. The molecule has 0 atom stereocenters. The normalized spacial score (nSPS) is 17.3. The number of hydrogen-bond donors (Lipinski definition) is 1. The lowest BCUT2D eigenvalue weighted by Crippen LogP contribution is -2.43. The summed E-state index contributed by atoms with van der Waals surface area (Å²) >= 11 is 3.51. The van der Waals surface area contributed by atoms with Gasteiger partial charge in [-0.05, 0) is 23.3 Å². The van der Waals surface area contributed by atoms with Crippen molar-refractivity contribution in [3.8, 4) is 0 Å². The van der Waals surface area contributed by atoms with Crippen LogP contribution in [-0.4, -0.2) is 38.2 Å². The summed E-state index contributed by atoms with van der Waals surface area (Å²) < 4.78 is 6.38. The van der Waals surface area contributed by atoms with E-state index in [1.807, 2.05) is 0 Å². The molecule has 0 aromatic heterocycles. The lowest BCUT2D eigenvalue weighted by molar-refractivity contribution is 0.181. The Balaban J connectivity index is 2.07. The molecular weight excluding hydrogens is 280 g/mol. The molecule has 94 valence electrons. The Hall–Kier alpha value is -0.420. The number of rotatable bonds is 4. The van der Waals surface area contributed by atoms with Crippen LogP contribution in [-0.2, 0) is 17.9 Å². The van der Waals surface area contributed by atoms with Gasteiger partial charge in [0.25, 0.3) is 0 Å². The number of piperazine rings is 1. The maximum absolute atomic E-state index is 5.26. The molecule has 0 saturated carbocycles. The molecule has 1 aliphatic heterocycles. The average Bonchev–Trinajstić information content (AvgIpc) is 2.34. The quantitative estimate of drug-likeness (QED) is 0.920. The fourth-order valence-electron chi connectivity index (χ4n) is 2.15. The standard InChI is InChI=1S/C13H19BrN2O/c1-17-10-12-8-13(14)3-2-11(12)9-16-6-4-15-5-7-16/h2-3,8,15H,4-7,9-10H2,1H3. The van der Waals surface area contributed by atoms with Gasteiger partial charge in [0.05, 0.1) is 6.61 Å². The van der Waals surface area contributed by atoms with Crippen LogP contribution >= 0.6 is 15.9 Å². The number of halogens is 1. The van der Waals surface area contributed by atoms with Gasteiger partial charge < -0.3 is 10.1 Å². The molecule has 1 N–H and O–H groups in total. The van der Waals surface area contributed by atoms with Crippen molar-refractivity contribution in [3.63, 3.8) is 0 Å². The first-order chi connectivity index (χ1) is 8.29. The second kappa shape index (κ2) is 6.50. The zero-order valence-corrected chi connectivity index (χ0v) is 11.8. The lowest BCUT2D eigenvalue weighted by atomic mass is 10.1. The van der Waals surface area contributed by atoms with Crippen LogP contribution in [0, 0.1) is 0 Å². The van der Waals surface area contributed by atoms with Gasteiger partial charge in [-0.1, -0.05) is 22.0 Å². The molecule has 1 saturated heterocycles. The topological polar surface area (TPSA) is 24.5 Å². The fraction of sp³-hybridized carbons (Fsp3) is 0.538. The van der Waals surface area contributed by atoms with Gasteiger partial charge >= 0.3 is 0 Å². The van der Waals surface area contributed by atoms with Crippen molar-refractivity contribution in [2.45, 2.75) is 13.2 Å². The lowest BCUT2D eigenvalue weighted by Gasteiger charge is -2.28. The fourth-order valence-corrected chi connectivity index (χ4v) is 2.56. The zero-order chi connectivity index (χ0) is 12.1. The molecule has 1 heterocycles. The van der Waals surface area contributed by atoms with Crippen LogP contribution in [0.3, 0.4) is 0 Å². The van der Waals surface area contributed by atoms with E-state index in [0.29, 0.717) is 6.61 Å². The van der Waals surface area contributed by atoms with Crippen molar-refractivity contribution in [1.82, 2.24) is 10.2 Å². The van der Waals surface area contributed by atoms with Crippen molar-refractivity contribution in [2.75, 3.05) is 33.3 Å². The summed E-state index contributed by atoms with van der Waals surface area (Å²) in [5.74, 6) is 0. The van der Waals surface area contributed by atoms with Gasteiger partial charge in [0.15, 0.2) is 0 Å². The van der Waals surface area contributed by atoms with Crippen molar-refractivity contribution in [1.29, 1.82) is 0 Å². The highest BCUT2D eigenvalue weighted by Gasteiger charge is 2.12. The number of benzene rings is 1. The molecule has 3 nitrogen and oxygen atoms in total. The average molecular weight is 299 g/mol. The number of hydrogen-bond acceptors (Lipinski definition) is 3. The monoisotopic (exact) mass is 298 g/mol. The molecule has 0 unspecified atom stereocenters. The minimum Gasteiger partial charge on any atom is -0.380 e. The summed E-state index contributed by atoms with van der Waals surface area (Å²) in [6.45, 7) is 6.14. The number of nitrogens with zero attached hydrogens (tertiary/aromatic N) is 1. The first-order valence-corrected chi connectivity index (χ1v) is 6.78. The smallest absolute Gasteiger partial charge is 0.0716 e. The Morgan fingerprint density at radius 3 is 2.76 bits per heavy atom. The van der Waals surface area contributed by atoms with Crippen LogP contribution in [0.1, 0.15) is 11.1 Å². The highest BCUT2D eigenvalue weighted by Crippen LogP contribution is 2.19. The number of methoxy groups -OCH3 is 1. The summed E-state index contributed by atoms with van der Waals surface area (Å²) in [6, 6.07) is 6.46. The third kappa shape index (κ3) is 3.78. The van der Waals surface area contributed by atoms with E-state index in [2.05, 4.69) is 44.3 Å². The number of ether oxygens (including phenoxy) is 1. The van der Waals surface area contributed by atoms with E-state index in [4.69, 9.17) is 4.74 Å².